The molecule has 2 aliphatic heterocycles. The molecule has 2 aliphatic rings. The second-order valence-corrected chi connectivity index (χ2v) is 9.52. The lowest BCUT2D eigenvalue weighted by molar-refractivity contribution is -0.131. The van der Waals surface area contributed by atoms with E-state index >= 15 is 0 Å². The molecule has 3 rings (SSSR count). The number of nitrogens with one attached hydrogen (secondary N) is 1. The van der Waals surface area contributed by atoms with Crippen molar-refractivity contribution in [1.82, 2.24) is 10.2 Å². The molecule has 8 heteroatoms. The minimum atomic E-state index is -3.64. The van der Waals surface area contributed by atoms with Crippen LogP contribution in [0.3, 0.4) is 0 Å². The first-order valence-electron chi connectivity index (χ1n) is 8.86. The zero-order valence-electron chi connectivity index (χ0n) is 14.9. The van der Waals surface area contributed by atoms with Crippen molar-refractivity contribution in [1.29, 1.82) is 0 Å². The number of rotatable bonds is 4. The summed E-state index contributed by atoms with van der Waals surface area (Å²) in [6.07, 6.45) is 1.91. The topological polar surface area (TPSA) is 66.5 Å². The summed E-state index contributed by atoms with van der Waals surface area (Å²) in [6, 6.07) is 4.77. The van der Waals surface area contributed by atoms with Crippen LogP contribution in [0, 0.1) is 17.7 Å². The second kappa shape index (κ2) is 8.67. The number of halogens is 2. The van der Waals surface area contributed by atoms with Crippen LogP contribution in [0.4, 0.5) is 4.39 Å². The quantitative estimate of drug-likeness (QED) is 0.782. The fourth-order valence-electron chi connectivity index (χ4n) is 3.81. The van der Waals surface area contributed by atoms with Crippen molar-refractivity contribution in [2.24, 2.45) is 11.8 Å². The third kappa shape index (κ3) is 4.56. The molecule has 2 saturated heterocycles. The minimum absolute atomic E-state index is 0. The lowest BCUT2D eigenvalue weighted by Gasteiger charge is -2.23. The molecular formula is C18H26ClFN2O3S. The highest BCUT2D eigenvalue weighted by Gasteiger charge is 2.33. The fourth-order valence-corrected chi connectivity index (χ4v) is 5.15. The maximum Gasteiger partial charge on any atom is 0.223 e. The van der Waals surface area contributed by atoms with Gasteiger partial charge in [0.1, 0.15) is 5.82 Å². The molecule has 0 bridgehead atoms. The van der Waals surface area contributed by atoms with E-state index < -0.39 is 20.9 Å². The minimum Gasteiger partial charge on any atom is -0.343 e. The number of hydrogen-bond acceptors (Lipinski definition) is 4. The summed E-state index contributed by atoms with van der Waals surface area (Å²) in [4.78, 5) is 14.5. The van der Waals surface area contributed by atoms with Crippen LogP contribution in [-0.2, 0) is 14.6 Å². The van der Waals surface area contributed by atoms with E-state index in [-0.39, 0.29) is 29.6 Å². The number of likely N-dealkylation sites (tertiary alicyclic amines) is 1. The highest BCUT2D eigenvalue weighted by molar-refractivity contribution is 7.92. The van der Waals surface area contributed by atoms with Gasteiger partial charge in [0.2, 0.25) is 5.91 Å². The molecule has 146 valence electrons. The molecule has 0 radical (unpaired) electrons. The van der Waals surface area contributed by atoms with Crippen LogP contribution in [-0.4, -0.2) is 50.7 Å². The van der Waals surface area contributed by atoms with Gasteiger partial charge in [-0.15, -0.1) is 12.4 Å². The average molecular weight is 405 g/mol. The predicted molar refractivity (Wildman–Crippen MR) is 101 cm³/mol. The van der Waals surface area contributed by atoms with E-state index in [0.29, 0.717) is 24.9 Å². The van der Waals surface area contributed by atoms with Crippen LogP contribution < -0.4 is 5.32 Å². The number of nitrogens with zero attached hydrogens (tertiary/aromatic N) is 1. The van der Waals surface area contributed by atoms with Gasteiger partial charge in [-0.05, 0) is 69.0 Å². The van der Waals surface area contributed by atoms with E-state index in [9.17, 15) is 17.6 Å². The first-order valence-corrected chi connectivity index (χ1v) is 10.4. The van der Waals surface area contributed by atoms with Gasteiger partial charge in [-0.1, -0.05) is 0 Å². The molecular weight excluding hydrogens is 379 g/mol. The number of carbonyl (C=O) groups is 1. The molecule has 0 saturated carbocycles. The van der Waals surface area contributed by atoms with Gasteiger partial charge in [-0.3, -0.25) is 4.79 Å². The molecule has 0 aliphatic carbocycles. The summed E-state index contributed by atoms with van der Waals surface area (Å²) >= 11 is 0. The van der Waals surface area contributed by atoms with E-state index in [1.807, 2.05) is 4.90 Å². The monoisotopic (exact) mass is 404 g/mol. The first-order chi connectivity index (χ1) is 11.9. The number of hydrogen-bond donors (Lipinski definition) is 1. The summed E-state index contributed by atoms with van der Waals surface area (Å²) in [5.41, 5.74) is 0. The standard InChI is InChI=1S/C18H25FN2O3S.ClH/c1-13(25(23,24)17-4-2-16(19)3-5-17)10-18(22)21-8-6-14-11-20-12-15(14)7-9-21;/h2-5,13-15,20H,6-12H2,1H3;1H/t13?,14-,15+;. The number of sulfone groups is 1. The van der Waals surface area contributed by atoms with Gasteiger partial charge >= 0.3 is 0 Å². The van der Waals surface area contributed by atoms with Gasteiger partial charge < -0.3 is 10.2 Å². The molecule has 0 aromatic heterocycles. The van der Waals surface area contributed by atoms with Crippen molar-refractivity contribution < 1.29 is 17.6 Å². The van der Waals surface area contributed by atoms with Gasteiger partial charge in [0, 0.05) is 19.5 Å². The normalized spacial score (nSPS) is 24.3. The molecule has 5 nitrogen and oxygen atoms in total. The number of carbonyl (C=O) groups excluding carboxylic acids is 1. The molecule has 2 heterocycles. The Morgan fingerprint density at radius 1 is 1.19 bits per heavy atom. The van der Waals surface area contributed by atoms with Crippen molar-refractivity contribution in [3.8, 4) is 0 Å². The van der Waals surface area contributed by atoms with Crippen molar-refractivity contribution in [2.45, 2.75) is 36.3 Å². The van der Waals surface area contributed by atoms with Crippen LogP contribution in [0.15, 0.2) is 29.2 Å². The average Bonchev–Trinajstić information content (AvgIpc) is 2.93. The zero-order valence-corrected chi connectivity index (χ0v) is 16.5. The van der Waals surface area contributed by atoms with Crippen LogP contribution in [0.25, 0.3) is 0 Å². The molecule has 1 unspecified atom stereocenters. The lowest BCUT2D eigenvalue weighted by Crippen LogP contribution is -2.36. The summed E-state index contributed by atoms with van der Waals surface area (Å²) in [6.45, 7) is 4.98. The summed E-state index contributed by atoms with van der Waals surface area (Å²) in [5, 5.41) is 2.58. The Bertz CT molecular complexity index is 712. The molecule has 26 heavy (non-hydrogen) atoms. The van der Waals surface area contributed by atoms with Crippen LogP contribution in [0.5, 0.6) is 0 Å². The summed E-state index contributed by atoms with van der Waals surface area (Å²) in [5.74, 6) is 0.662. The predicted octanol–water partition coefficient (Wildman–Crippen LogP) is 2.26. The molecule has 3 atom stereocenters. The van der Waals surface area contributed by atoms with Crippen molar-refractivity contribution in [3.63, 3.8) is 0 Å². The molecule has 1 aromatic rings. The van der Waals surface area contributed by atoms with Gasteiger partial charge in [-0.2, -0.15) is 0 Å². The zero-order chi connectivity index (χ0) is 18.0. The maximum atomic E-state index is 13.0. The van der Waals surface area contributed by atoms with Crippen LogP contribution in [0.2, 0.25) is 0 Å². The van der Waals surface area contributed by atoms with Gasteiger partial charge in [0.05, 0.1) is 10.1 Å². The molecule has 1 N–H and O–H groups in total. The van der Waals surface area contributed by atoms with Crippen molar-refractivity contribution in [3.05, 3.63) is 30.1 Å². The van der Waals surface area contributed by atoms with E-state index in [4.69, 9.17) is 0 Å². The first kappa shape index (κ1) is 21.1. The Kier molecular flexibility index (Phi) is 7.05. The Morgan fingerprint density at radius 2 is 1.73 bits per heavy atom. The van der Waals surface area contributed by atoms with Crippen LogP contribution in [0.1, 0.15) is 26.2 Å². The smallest absolute Gasteiger partial charge is 0.223 e. The highest BCUT2D eigenvalue weighted by Crippen LogP contribution is 2.28. The van der Waals surface area contributed by atoms with Crippen molar-refractivity contribution in [2.75, 3.05) is 26.2 Å². The third-order valence-corrected chi connectivity index (χ3v) is 7.66. The van der Waals surface area contributed by atoms with E-state index in [0.717, 1.165) is 38.1 Å². The number of amides is 1. The van der Waals surface area contributed by atoms with Crippen molar-refractivity contribution >= 4 is 28.2 Å². The summed E-state index contributed by atoms with van der Waals surface area (Å²) in [7, 11) is -3.64. The SMILES string of the molecule is CC(CC(=O)N1CC[C@@H]2CNC[C@@H]2CC1)S(=O)(=O)c1ccc(F)cc1.Cl. The maximum absolute atomic E-state index is 13.0. The highest BCUT2D eigenvalue weighted by atomic mass is 35.5. The second-order valence-electron chi connectivity index (χ2n) is 7.15. The molecule has 2 fully saturated rings. The molecule has 1 amide bonds. The lowest BCUT2D eigenvalue weighted by atomic mass is 9.92. The Hall–Kier alpha value is -1.18. The Balaban J connectivity index is 0.00000243. The van der Waals surface area contributed by atoms with Crippen LogP contribution >= 0.6 is 12.4 Å². The third-order valence-electron chi connectivity index (χ3n) is 5.51. The Morgan fingerprint density at radius 3 is 2.27 bits per heavy atom. The van der Waals surface area contributed by atoms with Gasteiger partial charge in [0.15, 0.2) is 9.84 Å². The number of benzene rings is 1. The molecule has 0 spiro atoms. The van der Waals surface area contributed by atoms with E-state index in [1.165, 1.54) is 12.1 Å². The Labute approximate surface area is 160 Å². The molecule has 1 aromatic carbocycles. The van der Waals surface area contributed by atoms with E-state index in [2.05, 4.69) is 5.32 Å². The number of fused-ring (bicyclic) bond motifs is 1. The fraction of sp³-hybridized carbons (Fsp3) is 0.611. The van der Waals surface area contributed by atoms with E-state index in [1.54, 1.807) is 6.92 Å². The largest absolute Gasteiger partial charge is 0.343 e. The summed E-state index contributed by atoms with van der Waals surface area (Å²) < 4.78 is 38.2. The van der Waals surface area contributed by atoms with Gasteiger partial charge in [0.25, 0.3) is 0 Å². The van der Waals surface area contributed by atoms with Gasteiger partial charge in [-0.25, -0.2) is 12.8 Å².